The van der Waals surface area contributed by atoms with Gasteiger partial charge in [-0.3, -0.25) is 4.79 Å². The Morgan fingerprint density at radius 2 is 1.85 bits per heavy atom. The molecule has 0 atom stereocenters. The second-order valence-corrected chi connectivity index (χ2v) is 8.42. The molecule has 1 aromatic heterocycles. The van der Waals surface area contributed by atoms with Crippen molar-refractivity contribution in [3.63, 3.8) is 0 Å². The van der Waals surface area contributed by atoms with Crippen LogP contribution in [0.15, 0.2) is 41.6 Å². The van der Waals surface area contributed by atoms with Crippen LogP contribution in [0.1, 0.15) is 17.8 Å². The first-order valence-electron chi connectivity index (χ1n) is 8.70. The molecule has 140 valence electrons. The number of rotatable bonds is 4. The zero-order chi connectivity index (χ0) is 18.7. The largest absolute Gasteiger partial charge is 0.341 e. The molecule has 1 saturated heterocycles. The minimum absolute atomic E-state index is 0.0316. The predicted molar refractivity (Wildman–Crippen MR) is 98.0 cm³/mol. The van der Waals surface area contributed by atoms with Gasteiger partial charge in [-0.2, -0.15) is 4.31 Å². The number of amides is 1. The molecule has 0 unspecified atom stereocenters. The van der Waals surface area contributed by atoms with Crippen LogP contribution in [0.25, 0.3) is 0 Å². The standard InChI is InChI=1S/C18H24N4O3S/c1-15-19-17(14-20(15)2)26(24,25)22-10-6-9-21(11-12-22)18(23)13-16-7-4-3-5-8-16/h3-5,7-8,14H,6,9-13H2,1-2H3. The molecule has 2 heterocycles. The lowest BCUT2D eigenvalue weighted by atomic mass is 10.1. The van der Waals surface area contributed by atoms with Crippen molar-refractivity contribution in [2.45, 2.75) is 24.8 Å². The fraction of sp³-hybridized carbons (Fsp3) is 0.444. The fourth-order valence-electron chi connectivity index (χ4n) is 3.05. The number of aromatic nitrogens is 2. The Hall–Kier alpha value is -2.19. The first-order valence-corrected chi connectivity index (χ1v) is 10.1. The van der Waals surface area contributed by atoms with E-state index in [0.717, 1.165) is 5.56 Å². The second-order valence-electron chi connectivity index (χ2n) is 6.54. The molecular weight excluding hydrogens is 352 g/mol. The molecule has 1 aliphatic rings. The van der Waals surface area contributed by atoms with Crippen LogP contribution in [-0.2, 0) is 28.3 Å². The van der Waals surface area contributed by atoms with Crippen molar-refractivity contribution in [3.8, 4) is 0 Å². The third-order valence-corrected chi connectivity index (χ3v) is 6.47. The summed E-state index contributed by atoms with van der Waals surface area (Å²) in [6, 6.07) is 9.59. The highest BCUT2D eigenvalue weighted by Crippen LogP contribution is 2.17. The average molecular weight is 376 g/mol. The van der Waals surface area contributed by atoms with Crippen LogP contribution in [-0.4, -0.2) is 59.3 Å². The van der Waals surface area contributed by atoms with Gasteiger partial charge in [-0.1, -0.05) is 30.3 Å². The van der Waals surface area contributed by atoms with Gasteiger partial charge in [-0.15, -0.1) is 0 Å². The summed E-state index contributed by atoms with van der Waals surface area (Å²) in [5, 5.41) is 0.0709. The molecule has 1 aromatic carbocycles. The van der Waals surface area contributed by atoms with Gasteiger partial charge in [-0.25, -0.2) is 13.4 Å². The molecule has 0 saturated carbocycles. The van der Waals surface area contributed by atoms with Crippen molar-refractivity contribution in [3.05, 3.63) is 47.9 Å². The maximum Gasteiger partial charge on any atom is 0.262 e. The Labute approximate surface area is 154 Å². The van der Waals surface area contributed by atoms with Crippen LogP contribution in [0.3, 0.4) is 0 Å². The van der Waals surface area contributed by atoms with Gasteiger partial charge in [0.2, 0.25) is 5.91 Å². The number of sulfonamides is 1. The number of carbonyl (C=O) groups excluding carboxylic acids is 1. The van der Waals surface area contributed by atoms with Crippen molar-refractivity contribution < 1.29 is 13.2 Å². The highest BCUT2D eigenvalue weighted by atomic mass is 32.2. The van der Waals surface area contributed by atoms with Gasteiger partial charge in [0, 0.05) is 39.4 Å². The molecule has 1 fully saturated rings. The Morgan fingerprint density at radius 3 is 2.50 bits per heavy atom. The molecule has 3 rings (SSSR count). The maximum atomic E-state index is 12.8. The number of benzene rings is 1. The van der Waals surface area contributed by atoms with E-state index in [4.69, 9.17) is 0 Å². The van der Waals surface area contributed by atoms with Crippen LogP contribution in [0.2, 0.25) is 0 Å². The van der Waals surface area contributed by atoms with Crippen LogP contribution < -0.4 is 0 Å². The average Bonchev–Trinajstić information content (AvgIpc) is 2.83. The van der Waals surface area contributed by atoms with Gasteiger partial charge in [-0.05, 0) is 18.9 Å². The van der Waals surface area contributed by atoms with Gasteiger partial charge in [0.05, 0.1) is 6.42 Å². The number of carbonyl (C=O) groups is 1. The zero-order valence-electron chi connectivity index (χ0n) is 15.1. The number of hydrogen-bond donors (Lipinski definition) is 0. The summed E-state index contributed by atoms with van der Waals surface area (Å²) < 4.78 is 28.8. The number of nitrogens with zero attached hydrogens (tertiary/aromatic N) is 4. The third kappa shape index (κ3) is 3.96. The molecule has 26 heavy (non-hydrogen) atoms. The molecule has 7 nitrogen and oxygen atoms in total. The Bertz CT molecular complexity index is 858. The van der Waals surface area contributed by atoms with E-state index in [1.165, 1.54) is 10.5 Å². The van der Waals surface area contributed by atoms with Gasteiger partial charge in [0.15, 0.2) is 5.03 Å². The monoisotopic (exact) mass is 376 g/mol. The maximum absolute atomic E-state index is 12.8. The predicted octanol–water partition coefficient (Wildman–Crippen LogP) is 1.19. The van der Waals surface area contributed by atoms with Gasteiger partial charge in [0.25, 0.3) is 10.0 Å². The lowest BCUT2D eigenvalue weighted by Gasteiger charge is -2.21. The summed E-state index contributed by atoms with van der Waals surface area (Å²) in [5.74, 6) is 0.683. The quantitative estimate of drug-likeness (QED) is 0.803. The summed E-state index contributed by atoms with van der Waals surface area (Å²) in [4.78, 5) is 18.4. The highest BCUT2D eigenvalue weighted by Gasteiger charge is 2.30. The van der Waals surface area contributed by atoms with Crippen molar-refractivity contribution in [2.24, 2.45) is 7.05 Å². The Morgan fingerprint density at radius 1 is 1.12 bits per heavy atom. The van der Waals surface area contributed by atoms with E-state index in [-0.39, 0.29) is 10.9 Å². The van der Waals surface area contributed by atoms with Crippen LogP contribution in [0, 0.1) is 6.92 Å². The normalized spacial score (nSPS) is 16.5. The molecule has 1 amide bonds. The Balaban J connectivity index is 1.67. The first-order chi connectivity index (χ1) is 12.4. The van der Waals surface area contributed by atoms with E-state index < -0.39 is 10.0 Å². The van der Waals surface area contributed by atoms with Crippen molar-refractivity contribution in [1.29, 1.82) is 0 Å². The topological polar surface area (TPSA) is 75.5 Å². The van der Waals surface area contributed by atoms with E-state index in [0.29, 0.717) is 44.8 Å². The van der Waals surface area contributed by atoms with Crippen LogP contribution in [0.5, 0.6) is 0 Å². The number of aryl methyl sites for hydroxylation is 2. The minimum Gasteiger partial charge on any atom is -0.341 e. The summed E-state index contributed by atoms with van der Waals surface area (Å²) in [5.41, 5.74) is 0.968. The van der Waals surface area contributed by atoms with Crippen LogP contribution in [0.4, 0.5) is 0 Å². The third-order valence-electron chi connectivity index (χ3n) is 4.70. The second kappa shape index (κ2) is 7.59. The van der Waals surface area contributed by atoms with E-state index in [2.05, 4.69) is 4.98 Å². The Kier molecular flexibility index (Phi) is 5.43. The minimum atomic E-state index is -3.63. The summed E-state index contributed by atoms with van der Waals surface area (Å²) in [7, 11) is -1.86. The number of hydrogen-bond acceptors (Lipinski definition) is 4. The van der Waals surface area contributed by atoms with Crippen molar-refractivity contribution in [2.75, 3.05) is 26.2 Å². The summed E-state index contributed by atoms with van der Waals surface area (Å²) in [6.45, 7) is 3.42. The smallest absolute Gasteiger partial charge is 0.262 e. The zero-order valence-corrected chi connectivity index (χ0v) is 15.9. The molecule has 0 spiro atoms. The lowest BCUT2D eigenvalue weighted by molar-refractivity contribution is -0.130. The van der Waals surface area contributed by atoms with Gasteiger partial charge < -0.3 is 9.47 Å². The van der Waals surface area contributed by atoms with E-state index in [1.807, 2.05) is 30.3 Å². The lowest BCUT2D eigenvalue weighted by Crippen LogP contribution is -2.38. The first kappa shape index (κ1) is 18.6. The SMILES string of the molecule is Cc1nc(S(=O)(=O)N2CCCN(C(=O)Cc3ccccc3)CC2)cn1C. The van der Waals surface area contributed by atoms with Gasteiger partial charge in [0.1, 0.15) is 5.82 Å². The summed E-state index contributed by atoms with van der Waals surface area (Å²) >= 11 is 0. The van der Waals surface area contributed by atoms with Crippen molar-refractivity contribution in [1.82, 2.24) is 18.8 Å². The summed E-state index contributed by atoms with van der Waals surface area (Å²) in [6.07, 6.45) is 2.49. The molecule has 0 bridgehead atoms. The molecule has 8 heteroatoms. The molecule has 2 aromatic rings. The molecular formula is C18H24N4O3S. The van der Waals surface area contributed by atoms with Gasteiger partial charge >= 0.3 is 0 Å². The molecule has 0 aliphatic carbocycles. The molecule has 0 radical (unpaired) electrons. The fourth-order valence-corrected chi connectivity index (χ4v) is 4.54. The molecule has 1 aliphatic heterocycles. The van der Waals surface area contributed by atoms with Crippen molar-refractivity contribution >= 4 is 15.9 Å². The van der Waals surface area contributed by atoms with E-state index in [1.54, 1.807) is 23.4 Å². The highest BCUT2D eigenvalue weighted by molar-refractivity contribution is 7.89. The van der Waals surface area contributed by atoms with E-state index in [9.17, 15) is 13.2 Å². The number of imidazole rings is 1. The molecule has 0 N–H and O–H groups in total. The van der Waals surface area contributed by atoms with E-state index >= 15 is 0 Å². The van der Waals surface area contributed by atoms with Crippen LogP contribution >= 0.6 is 0 Å².